The van der Waals surface area contributed by atoms with E-state index in [4.69, 9.17) is 15.1 Å². The molecule has 0 saturated carbocycles. The molecule has 6 heteroatoms. The summed E-state index contributed by atoms with van der Waals surface area (Å²) in [4.78, 5) is 24.2. The van der Waals surface area contributed by atoms with E-state index in [2.05, 4.69) is 0 Å². The van der Waals surface area contributed by atoms with Gasteiger partial charge in [-0.05, 0) is 18.2 Å². The highest BCUT2D eigenvalue weighted by atomic mass is 16.5. The highest BCUT2D eigenvalue weighted by Crippen LogP contribution is 2.21. The number of nitrogens with zero attached hydrogens (tertiary/aromatic N) is 2. The van der Waals surface area contributed by atoms with Crippen molar-refractivity contribution < 1.29 is 19.4 Å². The van der Waals surface area contributed by atoms with E-state index < -0.39 is 12.1 Å². The highest BCUT2D eigenvalue weighted by Gasteiger charge is 2.32. The summed E-state index contributed by atoms with van der Waals surface area (Å²) in [5.74, 6) is -1.46. The molecule has 6 nitrogen and oxygen atoms in total. The molecule has 1 saturated heterocycles. The highest BCUT2D eigenvalue weighted by molar-refractivity contribution is 5.99. The number of hydrogen-bond acceptors (Lipinski definition) is 4. The number of hydrogen-bond donors (Lipinski definition) is 1. The number of anilines is 1. The van der Waals surface area contributed by atoms with E-state index in [9.17, 15) is 9.59 Å². The van der Waals surface area contributed by atoms with Crippen LogP contribution in [0, 0.1) is 11.3 Å². The number of carboxylic acid groups (broad SMARTS) is 1. The van der Waals surface area contributed by atoms with Crippen LogP contribution in [-0.2, 0) is 14.3 Å². The summed E-state index contributed by atoms with van der Waals surface area (Å²) >= 11 is 0. The monoisotopic (exact) mass is 260 g/mol. The number of carbonyl (C=O) groups excluding carboxylic acids is 1. The maximum atomic E-state index is 12.1. The van der Waals surface area contributed by atoms with Gasteiger partial charge in [-0.15, -0.1) is 0 Å². The summed E-state index contributed by atoms with van der Waals surface area (Å²) in [6.45, 7) is 0.629. The van der Waals surface area contributed by atoms with Crippen molar-refractivity contribution in [1.29, 1.82) is 5.26 Å². The standard InChI is InChI=1S/C13H12N2O4/c14-8-9-2-1-3-10(6-9)15-4-5-19-11(13(15)18)7-12(16)17/h1-3,6,11H,4-5,7H2,(H,16,17). The molecular formula is C13H12N2O4. The molecule has 1 atom stereocenters. The van der Waals surface area contributed by atoms with Gasteiger partial charge in [-0.1, -0.05) is 6.07 Å². The first-order valence-electron chi connectivity index (χ1n) is 5.77. The van der Waals surface area contributed by atoms with E-state index in [-0.39, 0.29) is 18.9 Å². The fraction of sp³-hybridized carbons (Fsp3) is 0.308. The van der Waals surface area contributed by atoms with Crippen molar-refractivity contribution >= 4 is 17.6 Å². The largest absolute Gasteiger partial charge is 0.481 e. The number of amides is 1. The topological polar surface area (TPSA) is 90.6 Å². The summed E-state index contributed by atoms with van der Waals surface area (Å²) in [5, 5.41) is 17.6. The molecule has 98 valence electrons. The summed E-state index contributed by atoms with van der Waals surface area (Å²) in [6, 6.07) is 8.64. The van der Waals surface area contributed by atoms with E-state index in [1.807, 2.05) is 6.07 Å². The van der Waals surface area contributed by atoms with Crippen molar-refractivity contribution in [2.75, 3.05) is 18.1 Å². The van der Waals surface area contributed by atoms with E-state index in [0.29, 0.717) is 17.8 Å². The van der Waals surface area contributed by atoms with Gasteiger partial charge in [0.15, 0.2) is 0 Å². The Hall–Kier alpha value is -2.39. The Morgan fingerprint density at radius 3 is 3.05 bits per heavy atom. The summed E-state index contributed by atoms with van der Waals surface area (Å²) in [5.41, 5.74) is 1.04. The molecule has 1 aromatic carbocycles. The van der Waals surface area contributed by atoms with E-state index in [1.54, 1.807) is 24.3 Å². The van der Waals surface area contributed by atoms with Crippen LogP contribution in [0.1, 0.15) is 12.0 Å². The van der Waals surface area contributed by atoms with Gasteiger partial charge < -0.3 is 14.7 Å². The van der Waals surface area contributed by atoms with Gasteiger partial charge in [-0.3, -0.25) is 9.59 Å². The van der Waals surface area contributed by atoms with Gasteiger partial charge in [0.1, 0.15) is 6.10 Å². The summed E-state index contributed by atoms with van der Waals surface area (Å²) in [6.07, 6.45) is -1.32. The average molecular weight is 260 g/mol. The molecule has 0 radical (unpaired) electrons. The molecule has 1 aliphatic rings. The summed E-state index contributed by atoms with van der Waals surface area (Å²) < 4.78 is 5.17. The van der Waals surface area contributed by atoms with Crippen molar-refractivity contribution in [2.45, 2.75) is 12.5 Å². The number of nitriles is 1. The first-order valence-corrected chi connectivity index (χ1v) is 5.77. The number of rotatable bonds is 3. The normalized spacial score (nSPS) is 19.0. The third-order valence-corrected chi connectivity index (χ3v) is 2.82. The van der Waals surface area contributed by atoms with Crippen LogP contribution in [0.3, 0.4) is 0 Å². The lowest BCUT2D eigenvalue weighted by molar-refractivity contribution is -0.147. The lowest BCUT2D eigenvalue weighted by Crippen LogP contribution is -2.48. The quantitative estimate of drug-likeness (QED) is 0.866. The third kappa shape index (κ3) is 2.89. The van der Waals surface area contributed by atoms with E-state index in [0.717, 1.165) is 0 Å². The average Bonchev–Trinajstić information content (AvgIpc) is 2.41. The van der Waals surface area contributed by atoms with Crippen molar-refractivity contribution in [3.05, 3.63) is 29.8 Å². The van der Waals surface area contributed by atoms with Crippen LogP contribution in [0.25, 0.3) is 0 Å². The first-order chi connectivity index (χ1) is 9.11. The second kappa shape index (κ2) is 5.50. The molecule has 0 aromatic heterocycles. The Morgan fingerprint density at radius 2 is 2.37 bits per heavy atom. The maximum Gasteiger partial charge on any atom is 0.306 e. The van der Waals surface area contributed by atoms with Gasteiger partial charge in [-0.25, -0.2) is 0 Å². The fourth-order valence-electron chi connectivity index (χ4n) is 1.95. The molecule has 19 heavy (non-hydrogen) atoms. The Balaban J connectivity index is 2.21. The molecule has 0 spiro atoms. The van der Waals surface area contributed by atoms with Crippen LogP contribution < -0.4 is 4.90 Å². The zero-order valence-electron chi connectivity index (χ0n) is 10.1. The molecular weight excluding hydrogens is 248 g/mol. The zero-order valence-corrected chi connectivity index (χ0v) is 10.1. The lowest BCUT2D eigenvalue weighted by Gasteiger charge is -2.31. The zero-order chi connectivity index (χ0) is 13.8. The predicted octanol–water partition coefficient (Wildman–Crippen LogP) is 0.765. The Bertz CT molecular complexity index is 550. The second-order valence-corrected chi connectivity index (χ2v) is 4.11. The minimum Gasteiger partial charge on any atom is -0.481 e. The molecule has 1 aromatic rings. The van der Waals surface area contributed by atoms with Crippen LogP contribution in [0.15, 0.2) is 24.3 Å². The number of morpholine rings is 1. The van der Waals surface area contributed by atoms with Gasteiger partial charge in [-0.2, -0.15) is 5.26 Å². The van der Waals surface area contributed by atoms with Crippen LogP contribution in [-0.4, -0.2) is 36.2 Å². The summed E-state index contributed by atoms with van der Waals surface area (Å²) in [7, 11) is 0. The van der Waals surface area contributed by atoms with Crippen LogP contribution in [0.2, 0.25) is 0 Å². The fourth-order valence-corrected chi connectivity index (χ4v) is 1.95. The van der Waals surface area contributed by atoms with E-state index in [1.165, 1.54) is 4.90 Å². The number of ether oxygens (including phenoxy) is 1. The minimum absolute atomic E-state index is 0.278. The number of carboxylic acids is 1. The van der Waals surface area contributed by atoms with Crippen molar-refractivity contribution in [2.24, 2.45) is 0 Å². The Morgan fingerprint density at radius 1 is 1.58 bits per heavy atom. The molecule has 1 N–H and O–H groups in total. The Labute approximate surface area is 109 Å². The second-order valence-electron chi connectivity index (χ2n) is 4.11. The number of carbonyl (C=O) groups is 2. The van der Waals surface area contributed by atoms with Gasteiger partial charge in [0.25, 0.3) is 5.91 Å². The van der Waals surface area contributed by atoms with Crippen molar-refractivity contribution in [3.8, 4) is 6.07 Å². The van der Waals surface area contributed by atoms with Gasteiger partial charge in [0.05, 0.1) is 24.7 Å². The molecule has 1 aliphatic heterocycles. The van der Waals surface area contributed by atoms with Crippen molar-refractivity contribution in [3.63, 3.8) is 0 Å². The minimum atomic E-state index is -1.08. The molecule has 1 amide bonds. The smallest absolute Gasteiger partial charge is 0.306 e. The van der Waals surface area contributed by atoms with Crippen LogP contribution in [0.4, 0.5) is 5.69 Å². The number of aliphatic carboxylic acids is 1. The Kier molecular flexibility index (Phi) is 3.78. The molecule has 0 aliphatic carbocycles. The van der Waals surface area contributed by atoms with E-state index >= 15 is 0 Å². The molecule has 0 bridgehead atoms. The molecule has 1 unspecified atom stereocenters. The predicted molar refractivity (Wildman–Crippen MR) is 65.5 cm³/mol. The molecule has 1 fully saturated rings. The van der Waals surface area contributed by atoms with Gasteiger partial charge in [0, 0.05) is 12.2 Å². The SMILES string of the molecule is N#Cc1cccc(N2CCOC(CC(=O)O)C2=O)c1. The maximum absolute atomic E-state index is 12.1. The van der Waals surface area contributed by atoms with Gasteiger partial charge >= 0.3 is 5.97 Å². The van der Waals surface area contributed by atoms with Gasteiger partial charge in [0.2, 0.25) is 0 Å². The third-order valence-electron chi connectivity index (χ3n) is 2.82. The van der Waals surface area contributed by atoms with Crippen LogP contribution >= 0.6 is 0 Å². The first kappa shape index (κ1) is 13.1. The molecule has 2 rings (SSSR count). The van der Waals surface area contributed by atoms with Crippen LogP contribution in [0.5, 0.6) is 0 Å². The molecule has 1 heterocycles. The van der Waals surface area contributed by atoms with Crippen molar-refractivity contribution in [1.82, 2.24) is 0 Å². The number of benzene rings is 1. The lowest BCUT2D eigenvalue weighted by atomic mass is 10.1.